The Hall–Kier alpha value is -0.870. The van der Waals surface area contributed by atoms with E-state index in [2.05, 4.69) is 14.8 Å². The molecule has 1 aliphatic rings. The van der Waals surface area contributed by atoms with E-state index in [1.54, 1.807) is 6.07 Å². The van der Waals surface area contributed by atoms with Gasteiger partial charge >= 0.3 is 0 Å². The topological polar surface area (TPSA) is 19.4 Å². The molecule has 1 aromatic heterocycles. The van der Waals surface area contributed by atoms with Gasteiger partial charge in [-0.05, 0) is 25.1 Å². The van der Waals surface area contributed by atoms with Gasteiger partial charge in [0.05, 0.1) is 0 Å². The van der Waals surface area contributed by atoms with Gasteiger partial charge in [-0.3, -0.25) is 4.90 Å². The summed E-state index contributed by atoms with van der Waals surface area (Å²) in [5, 5.41) is 0. The van der Waals surface area contributed by atoms with E-state index in [9.17, 15) is 4.39 Å². The fourth-order valence-corrected chi connectivity index (χ4v) is 2.18. The molecule has 0 amide bonds. The lowest BCUT2D eigenvalue weighted by molar-refractivity contribution is 0.258. The number of hydrogen-bond acceptors (Lipinski definition) is 3. The zero-order valence-corrected chi connectivity index (χ0v) is 10.5. The minimum Gasteiger partial charge on any atom is -0.354 e. The Morgan fingerprint density at radius 2 is 2.00 bits per heavy atom. The lowest BCUT2D eigenvalue weighted by Crippen LogP contribution is -2.47. The smallest absolute Gasteiger partial charge is 0.214 e. The predicted octanol–water partition coefficient (Wildman–Crippen LogP) is 1.97. The Balaban J connectivity index is 1.86. The minimum atomic E-state index is -0.410. The summed E-state index contributed by atoms with van der Waals surface area (Å²) in [7, 11) is 0. The second-order valence-corrected chi connectivity index (χ2v) is 4.57. The summed E-state index contributed by atoms with van der Waals surface area (Å²) in [4.78, 5) is 8.42. The van der Waals surface area contributed by atoms with Gasteiger partial charge in [-0.15, -0.1) is 11.6 Å². The van der Waals surface area contributed by atoms with Crippen molar-refractivity contribution in [2.45, 2.75) is 6.42 Å². The van der Waals surface area contributed by atoms with Crippen LogP contribution in [-0.4, -0.2) is 48.5 Å². The van der Waals surface area contributed by atoms with Gasteiger partial charge in [-0.25, -0.2) is 4.98 Å². The van der Waals surface area contributed by atoms with Crippen molar-refractivity contribution in [2.24, 2.45) is 0 Å². The van der Waals surface area contributed by atoms with Crippen LogP contribution in [0.15, 0.2) is 18.2 Å². The van der Waals surface area contributed by atoms with Crippen molar-refractivity contribution in [3.05, 3.63) is 24.1 Å². The Kier molecular flexibility index (Phi) is 4.57. The Morgan fingerprint density at radius 1 is 1.24 bits per heavy atom. The van der Waals surface area contributed by atoms with Gasteiger partial charge in [-0.2, -0.15) is 4.39 Å². The van der Waals surface area contributed by atoms with Crippen molar-refractivity contribution in [2.75, 3.05) is 43.5 Å². The van der Waals surface area contributed by atoms with Crippen LogP contribution in [0, 0.1) is 5.95 Å². The highest BCUT2D eigenvalue weighted by atomic mass is 35.5. The molecular formula is C12H17ClFN3. The minimum absolute atomic E-state index is 0.410. The summed E-state index contributed by atoms with van der Waals surface area (Å²) in [6.07, 6.45) is 1.03. The van der Waals surface area contributed by atoms with E-state index in [-0.39, 0.29) is 0 Å². The monoisotopic (exact) mass is 257 g/mol. The normalized spacial score (nSPS) is 17.4. The van der Waals surface area contributed by atoms with Crippen molar-refractivity contribution in [1.29, 1.82) is 0 Å². The van der Waals surface area contributed by atoms with E-state index < -0.39 is 5.95 Å². The van der Waals surface area contributed by atoms with Crippen LogP contribution in [0.5, 0.6) is 0 Å². The highest BCUT2D eigenvalue weighted by Crippen LogP contribution is 2.13. The summed E-state index contributed by atoms with van der Waals surface area (Å²) < 4.78 is 13.0. The average molecular weight is 258 g/mol. The van der Waals surface area contributed by atoms with E-state index in [0.29, 0.717) is 5.88 Å². The fourth-order valence-electron chi connectivity index (χ4n) is 2.06. The molecule has 0 aliphatic carbocycles. The van der Waals surface area contributed by atoms with Crippen molar-refractivity contribution in [1.82, 2.24) is 9.88 Å². The van der Waals surface area contributed by atoms with Crippen LogP contribution in [0.25, 0.3) is 0 Å². The number of pyridine rings is 1. The van der Waals surface area contributed by atoms with Crippen LogP contribution in [0.1, 0.15) is 6.42 Å². The van der Waals surface area contributed by atoms with Gasteiger partial charge in [0.2, 0.25) is 5.95 Å². The highest BCUT2D eigenvalue weighted by molar-refractivity contribution is 6.17. The van der Waals surface area contributed by atoms with Gasteiger partial charge in [0.15, 0.2) is 0 Å². The van der Waals surface area contributed by atoms with E-state index >= 15 is 0 Å². The molecule has 0 N–H and O–H groups in total. The van der Waals surface area contributed by atoms with Gasteiger partial charge in [0.1, 0.15) is 5.82 Å². The predicted molar refractivity (Wildman–Crippen MR) is 68.2 cm³/mol. The lowest BCUT2D eigenvalue weighted by atomic mass is 10.3. The zero-order valence-electron chi connectivity index (χ0n) is 9.78. The quantitative estimate of drug-likeness (QED) is 0.607. The highest BCUT2D eigenvalue weighted by Gasteiger charge is 2.17. The molecule has 0 radical (unpaired) electrons. The molecule has 2 heterocycles. The lowest BCUT2D eigenvalue weighted by Gasteiger charge is -2.35. The van der Waals surface area contributed by atoms with Crippen molar-refractivity contribution < 1.29 is 4.39 Å². The first-order valence-corrected chi connectivity index (χ1v) is 6.49. The van der Waals surface area contributed by atoms with Crippen molar-refractivity contribution in [3.8, 4) is 0 Å². The molecule has 5 heteroatoms. The molecule has 1 saturated heterocycles. The molecule has 0 aromatic carbocycles. The van der Waals surface area contributed by atoms with Gasteiger partial charge in [0.25, 0.3) is 0 Å². The second-order valence-electron chi connectivity index (χ2n) is 4.19. The molecule has 1 aromatic rings. The maximum Gasteiger partial charge on any atom is 0.214 e. The molecule has 0 unspecified atom stereocenters. The number of hydrogen-bond donors (Lipinski definition) is 0. The van der Waals surface area contributed by atoms with Gasteiger partial charge in [-0.1, -0.05) is 6.07 Å². The molecule has 2 rings (SSSR count). The summed E-state index contributed by atoms with van der Waals surface area (Å²) in [6, 6.07) is 4.94. The summed E-state index contributed by atoms with van der Waals surface area (Å²) >= 11 is 5.67. The van der Waals surface area contributed by atoms with E-state index in [1.807, 2.05) is 6.07 Å². The number of rotatable bonds is 4. The standard InChI is InChI=1S/C12H17ClFN3/c13-5-2-6-16-7-9-17(10-8-16)12-4-1-3-11(14)15-12/h1,3-4H,2,5-10H2. The first-order chi connectivity index (χ1) is 8.29. The van der Waals surface area contributed by atoms with Crippen molar-refractivity contribution >= 4 is 17.4 Å². The van der Waals surface area contributed by atoms with Crippen LogP contribution in [0.4, 0.5) is 10.2 Å². The van der Waals surface area contributed by atoms with Crippen LogP contribution in [0.2, 0.25) is 0 Å². The summed E-state index contributed by atoms with van der Waals surface area (Å²) in [5.74, 6) is 1.04. The molecule has 0 saturated carbocycles. The zero-order chi connectivity index (χ0) is 12.1. The average Bonchev–Trinajstić information content (AvgIpc) is 2.37. The third-order valence-corrected chi connectivity index (χ3v) is 3.27. The molecule has 0 spiro atoms. The third-order valence-electron chi connectivity index (χ3n) is 3.00. The van der Waals surface area contributed by atoms with Crippen LogP contribution in [-0.2, 0) is 0 Å². The molecule has 1 fully saturated rings. The third kappa shape index (κ3) is 3.54. The molecule has 0 atom stereocenters. The Morgan fingerprint density at radius 3 is 2.65 bits per heavy atom. The van der Waals surface area contributed by atoms with Crippen LogP contribution >= 0.6 is 11.6 Å². The van der Waals surface area contributed by atoms with Crippen LogP contribution < -0.4 is 4.90 Å². The van der Waals surface area contributed by atoms with Crippen molar-refractivity contribution in [3.63, 3.8) is 0 Å². The molecular weight excluding hydrogens is 241 g/mol. The van der Waals surface area contributed by atoms with Gasteiger partial charge < -0.3 is 4.90 Å². The first kappa shape index (κ1) is 12.6. The number of aromatic nitrogens is 1. The van der Waals surface area contributed by atoms with E-state index in [1.165, 1.54) is 6.07 Å². The maximum atomic E-state index is 13.0. The fraction of sp³-hybridized carbons (Fsp3) is 0.583. The molecule has 1 aliphatic heterocycles. The summed E-state index contributed by atoms with van der Waals surface area (Å²) in [5.41, 5.74) is 0. The maximum absolute atomic E-state index is 13.0. The molecule has 0 bridgehead atoms. The first-order valence-electron chi connectivity index (χ1n) is 5.95. The SMILES string of the molecule is Fc1cccc(N2CCN(CCCCl)CC2)n1. The number of alkyl halides is 1. The number of piperazine rings is 1. The largest absolute Gasteiger partial charge is 0.354 e. The second kappa shape index (κ2) is 6.17. The molecule has 94 valence electrons. The van der Waals surface area contributed by atoms with E-state index in [4.69, 9.17) is 11.6 Å². The van der Waals surface area contributed by atoms with Crippen LogP contribution in [0.3, 0.4) is 0 Å². The number of nitrogens with zero attached hydrogens (tertiary/aromatic N) is 3. The number of anilines is 1. The Labute approximate surface area is 106 Å². The molecule has 17 heavy (non-hydrogen) atoms. The number of halogens is 2. The van der Waals surface area contributed by atoms with Gasteiger partial charge in [0, 0.05) is 32.1 Å². The Bertz CT molecular complexity index is 353. The summed E-state index contributed by atoms with van der Waals surface area (Å²) in [6.45, 7) is 4.84. The molecule has 3 nitrogen and oxygen atoms in total. The van der Waals surface area contributed by atoms with E-state index in [0.717, 1.165) is 45.0 Å².